The van der Waals surface area contributed by atoms with Crippen molar-refractivity contribution in [1.29, 1.82) is 0 Å². The largest absolute Gasteiger partial charge is 0.481 e. The lowest BCUT2D eigenvalue weighted by atomic mass is 10.1. The molecular weight excluding hydrogens is 260 g/mol. The van der Waals surface area contributed by atoms with Gasteiger partial charge in [0.05, 0.1) is 5.92 Å². The number of nitrogens with one attached hydrogen (secondary N) is 2. The second-order valence-corrected chi connectivity index (χ2v) is 5.59. The van der Waals surface area contributed by atoms with Crippen LogP contribution in [0.15, 0.2) is 0 Å². The molecule has 0 aromatic carbocycles. The molecule has 114 valence electrons. The standard InChI is InChI=1S/C14H24N2O4/c1-9(14(19)20)4-3-6-15-12(17)5-7-16-13(18)11-8-10(11)2/h9-11H,3-8H2,1-2H3,(H,15,17)(H,16,18)(H,19,20). The van der Waals surface area contributed by atoms with Gasteiger partial charge in [-0.3, -0.25) is 14.4 Å². The van der Waals surface area contributed by atoms with Crippen LogP contribution >= 0.6 is 0 Å². The molecule has 2 amide bonds. The molecule has 1 aliphatic carbocycles. The van der Waals surface area contributed by atoms with Gasteiger partial charge in [-0.15, -0.1) is 0 Å². The lowest BCUT2D eigenvalue weighted by Crippen LogP contribution is -2.32. The second kappa shape index (κ2) is 7.87. The molecule has 0 aromatic rings. The number of hydrogen-bond donors (Lipinski definition) is 3. The Kier molecular flexibility index (Phi) is 6.48. The van der Waals surface area contributed by atoms with Gasteiger partial charge in [0.15, 0.2) is 0 Å². The van der Waals surface area contributed by atoms with Gasteiger partial charge in [0.2, 0.25) is 11.8 Å². The van der Waals surface area contributed by atoms with Gasteiger partial charge in [0.25, 0.3) is 0 Å². The summed E-state index contributed by atoms with van der Waals surface area (Å²) in [6.07, 6.45) is 2.40. The Morgan fingerprint density at radius 2 is 1.90 bits per heavy atom. The van der Waals surface area contributed by atoms with E-state index in [1.165, 1.54) is 0 Å². The van der Waals surface area contributed by atoms with Crippen molar-refractivity contribution >= 4 is 17.8 Å². The Morgan fingerprint density at radius 1 is 1.25 bits per heavy atom. The van der Waals surface area contributed by atoms with Gasteiger partial charge in [-0.2, -0.15) is 0 Å². The van der Waals surface area contributed by atoms with E-state index in [1.54, 1.807) is 6.92 Å². The predicted molar refractivity (Wildman–Crippen MR) is 73.9 cm³/mol. The molecule has 0 radical (unpaired) electrons. The lowest BCUT2D eigenvalue weighted by molar-refractivity contribution is -0.141. The first-order valence-electron chi connectivity index (χ1n) is 7.19. The molecule has 0 aliphatic heterocycles. The van der Waals surface area contributed by atoms with E-state index in [0.717, 1.165) is 6.42 Å². The van der Waals surface area contributed by atoms with Crippen molar-refractivity contribution in [2.45, 2.75) is 39.5 Å². The Labute approximate surface area is 119 Å². The number of aliphatic carboxylic acids is 1. The van der Waals surface area contributed by atoms with Gasteiger partial charge in [0, 0.05) is 25.4 Å². The molecule has 3 N–H and O–H groups in total. The molecule has 3 unspecified atom stereocenters. The fourth-order valence-electron chi connectivity index (χ4n) is 1.97. The van der Waals surface area contributed by atoms with Crippen molar-refractivity contribution in [2.24, 2.45) is 17.8 Å². The van der Waals surface area contributed by atoms with Crippen LogP contribution in [0, 0.1) is 17.8 Å². The third kappa shape index (κ3) is 6.04. The molecule has 1 rings (SSSR count). The van der Waals surface area contributed by atoms with E-state index in [2.05, 4.69) is 10.6 Å². The Hall–Kier alpha value is -1.59. The molecule has 1 saturated carbocycles. The number of rotatable bonds is 9. The van der Waals surface area contributed by atoms with Crippen molar-refractivity contribution in [1.82, 2.24) is 10.6 Å². The monoisotopic (exact) mass is 284 g/mol. The van der Waals surface area contributed by atoms with Crippen LogP contribution < -0.4 is 10.6 Å². The zero-order chi connectivity index (χ0) is 15.1. The fraction of sp³-hybridized carbons (Fsp3) is 0.786. The van der Waals surface area contributed by atoms with Crippen molar-refractivity contribution in [2.75, 3.05) is 13.1 Å². The minimum Gasteiger partial charge on any atom is -0.481 e. The van der Waals surface area contributed by atoms with Crippen molar-refractivity contribution in [3.63, 3.8) is 0 Å². The number of carboxylic acid groups (broad SMARTS) is 1. The Balaban J connectivity index is 1.98. The summed E-state index contributed by atoms with van der Waals surface area (Å²) in [7, 11) is 0. The molecule has 0 bridgehead atoms. The summed E-state index contributed by atoms with van der Waals surface area (Å²) >= 11 is 0. The minimum atomic E-state index is -0.812. The first-order chi connectivity index (χ1) is 9.41. The van der Waals surface area contributed by atoms with Gasteiger partial charge < -0.3 is 15.7 Å². The average molecular weight is 284 g/mol. The first kappa shape index (κ1) is 16.5. The summed E-state index contributed by atoms with van der Waals surface area (Å²) in [4.78, 5) is 33.6. The lowest BCUT2D eigenvalue weighted by Gasteiger charge is -2.08. The number of carboxylic acids is 1. The van der Waals surface area contributed by atoms with Crippen molar-refractivity contribution in [3.8, 4) is 0 Å². The maximum Gasteiger partial charge on any atom is 0.306 e. The summed E-state index contributed by atoms with van der Waals surface area (Å²) in [5.41, 5.74) is 0. The van der Waals surface area contributed by atoms with Crippen LogP contribution in [0.4, 0.5) is 0 Å². The molecular formula is C14H24N2O4. The van der Waals surface area contributed by atoms with E-state index in [4.69, 9.17) is 5.11 Å². The Bertz CT molecular complexity index is 370. The molecule has 20 heavy (non-hydrogen) atoms. The molecule has 0 heterocycles. The summed E-state index contributed by atoms with van der Waals surface area (Å²) < 4.78 is 0. The number of amides is 2. The summed E-state index contributed by atoms with van der Waals surface area (Å²) in [6, 6.07) is 0. The topological polar surface area (TPSA) is 95.5 Å². The van der Waals surface area contributed by atoms with Crippen LogP contribution in [-0.2, 0) is 14.4 Å². The molecule has 3 atom stereocenters. The number of carbonyl (C=O) groups is 3. The molecule has 0 spiro atoms. The van der Waals surface area contributed by atoms with E-state index in [1.807, 2.05) is 6.92 Å². The minimum absolute atomic E-state index is 0.0422. The maximum absolute atomic E-state index is 11.5. The second-order valence-electron chi connectivity index (χ2n) is 5.59. The third-order valence-electron chi connectivity index (χ3n) is 3.66. The normalized spacial score (nSPS) is 21.9. The van der Waals surface area contributed by atoms with E-state index >= 15 is 0 Å². The molecule has 1 fully saturated rings. The van der Waals surface area contributed by atoms with E-state index in [9.17, 15) is 14.4 Å². The highest BCUT2D eigenvalue weighted by molar-refractivity contribution is 5.82. The number of hydrogen-bond acceptors (Lipinski definition) is 3. The van der Waals surface area contributed by atoms with Crippen LogP contribution in [0.3, 0.4) is 0 Å². The van der Waals surface area contributed by atoms with Gasteiger partial charge in [-0.05, 0) is 25.2 Å². The fourth-order valence-corrected chi connectivity index (χ4v) is 1.97. The van der Waals surface area contributed by atoms with Gasteiger partial charge in [-0.1, -0.05) is 13.8 Å². The smallest absolute Gasteiger partial charge is 0.306 e. The van der Waals surface area contributed by atoms with Crippen molar-refractivity contribution < 1.29 is 19.5 Å². The average Bonchev–Trinajstić information content (AvgIpc) is 3.11. The van der Waals surface area contributed by atoms with Gasteiger partial charge in [-0.25, -0.2) is 0 Å². The van der Waals surface area contributed by atoms with Crippen LogP contribution in [0.2, 0.25) is 0 Å². The quantitative estimate of drug-likeness (QED) is 0.545. The Morgan fingerprint density at radius 3 is 2.45 bits per heavy atom. The van der Waals surface area contributed by atoms with Gasteiger partial charge in [0.1, 0.15) is 0 Å². The summed E-state index contributed by atoms with van der Waals surface area (Å²) in [5.74, 6) is -0.659. The highest BCUT2D eigenvalue weighted by atomic mass is 16.4. The SMILES string of the molecule is CC(CCCNC(=O)CCNC(=O)C1CC1C)C(=O)O. The predicted octanol–water partition coefficient (Wildman–Crippen LogP) is 0.766. The third-order valence-corrected chi connectivity index (χ3v) is 3.66. The zero-order valence-corrected chi connectivity index (χ0v) is 12.1. The van der Waals surface area contributed by atoms with E-state index in [-0.39, 0.29) is 30.1 Å². The van der Waals surface area contributed by atoms with Crippen molar-refractivity contribution in [3.05, 3.63) is 0 Å². The van der Waals surface area contributed by atoms with Crippen LogP contribution in [0.1, 0.15) is 39.5 Å². The highest BCUT2D eigenvalue weighted by Gasteiger charge is 2.38. The summed E-state index contributed by atoms with van der Waals surface area (Å²) in [6.45, 7) is 4.52. The maximum atomic E-state index is 11.5. The van der Waals surface area contributed by atoms with Gasteiger partial charge >= 0.3 is 5.97 Å². The number of carbonyl (C=O) groups excluding carboxylic acids is 2. The summed E-state index contributed by atoms with van der Waals surface area (Å²) in [5, 5.41) is 14.2. The van der Waals surface area contributed by atoms with Crippen LogP contribution in [0.25, 0.3) is 0 Å². The molecule has 6 nitrogen and oxygen atoms in total. The molecule has 0 saturated heterocycles. The van der Waals surface area contributed by atoms with Crippen LogP contribution in [-0.4, -0.2) is 36.0 Å². The van der Waals surface area contributed by atoms with E-state index in [0.29, 0.717) is 31.8 Å². The molecule has 6 heteroatoms. The van der Waals surface area contributed by atoms with Crippen LogP contribution in [0.5, 0.6) is 0 Å². The zero-order valence-electron chi connectivity index (χ0n) is 12.1. The van der Waals surface area contributed by atoms with E-state index < -0.39 is 5.97 Å². The molecule has 1 aliphatic rings. The first-order valence-corrected chi connectivity index (χ1v) is 7.19. The molecule has 0 aromatic heterocycles. The highest BCUT2D eigenvalue weighted by Crippen LogP contribution is 2.37.